The first-order valence-corrected chi connectivity index (χ1v) is 10.1. The first kappa shape index (κ1) is 23.3. The highest BCUT2D eigenvalue weighted by Gasteiger charge is 2.28. The number of nitrogens with one attached hydrogen (secondary N) is 1. The third-order valence-corrected chi connectivity index (χ3v) is 5.05. The summed E-state index contributed by atoms with van der Waals surface area (Å²) in [6.45, 7) is 6.21. The number of carbonyl (C=O) groups excluding carboxylic acids is 2. The summed E-state index contributed by atoms with van der Waals surface area (Å²) >= 11 is 6.26. The van der Waals surface area contributed by atoms with Gasteiger partial charge in [-0.05, 0) is 24.5 Å². The van der Waals surface area contributed by atoms with Gasteiger partial charge in [-0.3, -0.25) is 19.7 Å². The van der Waals surface area contributed by atoms with Gasteiger partial charge in [-0.25, -0.2) is 0 Å². The highest BCUT2D eigenvalue weighted by molar-refractivity contribution is 6.31. The number of carbonyl (C=O) groups is 2. The van der Waals surface area contributed by atoms with Crippen LogP contribution < -0.4 is 5.32 Å². The van der Waals surface area contributed by atoms with E-state index in [0.717, 1.165) is 0 Å². The minimum absolute atomic E-state index is 0.120. The molecule has 0 bridgehead atoms. The fourth-order valence-corrected chi connectivity index (χ4v) is 3.14. The van der Waals surface area contributed by atoms with E-state index < -0.39 is 16.9 Å². The number of para-hydroxylation sites is 1. The van der Waals surface area contributed by atoms with Gasteiger partial charge >= 0.3 is 0 Å². The van der Waals surface area contributed by atoms with Crippen LogP contribution in [-0.4, -0.2) is 34.2 Å². The Morgan fingerprint density at radius 1 is 1.07 bits per heavy atom. The van der Waals surface area contributed by atoms with E-state index in [1.165, 1.54) is 11.0 Å². The monoisotopic (exact) mass is 431 g/mol. The molecule has 0 fully saturated rings. The lowest BCUT2D eigenvalue weighted by Gasteiger charge is -2.29. The molecule has 0 aliphatic rings. The fourth-order valence-electron chi connectivity index (χ4n) is 2.95. The third-order valence-electron chi connectivity index (χ3n) is 4.68. The molecule has 8 heteroatoms. The van der Waals surface area contributed by atoms with E-state index in [4.69, 9.17) is 11.6 Å². The van der Waals surface area contributed by atoms with Crippen molar-refractivity contribution in [3.8, 4) is 0 Å². The summed E-state index contributed by atoms with van der Waals surface area (Å²) in [7, 11) is 0. The molecule has 30 heavy (non-hydrogen) atoms. The van der Waals surface area contributed by atoms with Crippen LogP contribution in [0, 0.1) is 16.0 Å². The zero-order valence-electron chi connectivity index (χ0n) is 17.3. The molecule has 2 amide bonds. The van der Waals surface area contributed by atoms with Gasteiger partial charge in [0.25, 0.3) is 5.69 Å². The largest absolute Gasteiger partial charge is 0.354 e. The van der Waals surface area contributed by atoms with Crippen LogP contribution in [-0.2, 0) is 22.6 Å². The second-order valence-electron chi connectivity index (χ2n) is 7.49. The molecule has 0 aliphatic carbocycles. The second-order valence-corrected chi connectivity index (χ2v) is 7.90. The topological polar surface area (TPSA) is 92.6 Å². The predicted octanol–water partition coefficient (Wildman–Crippen LogP) is 3.98. The normalized spacial score (nSPS) is 11.8. The third kappa shape index (κ3) is 6.29. The van der Waals surface area contributed by atoms with Crippen LogP contribution in [0.15, 0.2) is 48.5 Å². The Kier molecular flexibility index (Phi) is 8.35. The lowest BCUT2D eigenvalue weighted by molar-refractivity contribution is -0.385. The van der Waals surface area contributed by atoms with E-state index in [-0.39, 0.29) is 30.5 Å². The summed E-state index contributed by atoms with van der Waals surface area (Å²) < 4.78 is 0. The molecule has 7 nitrogen and oxygen atoms in total. The molecule has 2 rings (SSSR count). The second kappa shape index (κ2) is 10.7. The number of nitro groups is 1. The maximum absolute atomic E-state index is 13.2. The Hall–Kier alpha value is -2.93. The van der Waals surface area contributed by atoms with E-state index >= 15 is 0 Å². The number of nitrogens with zero attached hydrogens (tertiary/aromatic N) is 2. The van der Waals surface area contributed by atoms with Gasteiger partial charge in [-0.15, -0.1) is 0 Å². The number of nitro benzene ring substituents is 1. The quantitative estimate of drug-likeness (QED) is 0.480. The molecular formula is C22H26ClN3O4. The van der Waals surface area contributed by atoms with Crippen LogP contribution in [0.25, 0.3) is 0 Å². The Morgan fingerprint density at radius 2 is 1.67 bits per heavy atom. The summed E-state index contributed by atoms with van der Waals surface area (Å²) in [6, 6.07) is 12.4. The van der Waals surface area contributed by atoms with Crippen molar-refractivity contribution < 1.29 is 14.5 Å². The Bertz CT molecular complexity index is 917. The summed E-state index contributed by atoms with van der Waals surface area (Å²) in [4.78, 5) is 38.0. The van der Waals surface area contributed by atoms with Crippen LogP contribution in [0.2, 0.25) is 5.02 Å². The van der Waals surface area contributed by atoms with Crippen molar-refractivity contribution >= 4 is 29.1 Å². The number of hydrogen-bond donors (Lipinski definition) is 1. The summed E-state index contributed by atoms with van der Waals surface area (Å²) in [6.07, 6.45) is -0.191. The summed E-state index contributed by atoms with van der Waals surface area (Å²) in [5.41, 5.74) is 0.866. The Labute approximate surface area is 181 Å². The summed E-state index contributed by atoms with van der Waals surface area (Å²) in [5.74, 6) is -0.413. The minimum atomic E-state index is -0.768. The molecule has 1 unspecified atom stereocenters. The first-order chi connectivity index (χ1) is 14.2. The van der Waals surface area contributed by atoms with Crippen molar-refractivity contribution in [1.82, 2.24) is 10.2 Å². The highest BCUT2D eigenvalue weighted by atomic mass is 35.5. The lowest BCUT2D eigenvalue weighted by Crippen LogP contribution is -2.48. The van der Waals surface area contributed by atoms with Crippen LogP contribution in [0.4, 0.5) is 5.69 Å². The van der Waals surface area contributed by atoms with Crippen molar-refractivity contribution in [1.29, 1.82) is 0 Å². The molecule has 2 aromatic carbocycles. The molecule has 160 valence electrons. The predicted molar refractivity (Wildman–Crippen MR) is 116 cm³/mol. The number of hydrogen-bond acceptors (Lipinski definition) is 4. The number of halogens is 1. The standard InChI is InChI=1S/C22H26ClN3O4/c1-15(2)13-24-22(28)16(3)25(14-18-9-4-6-10-19(18)23)21(27)12-17-8-5-7-11-20(17)26(29)30/h4-11,15-16H,12-14H2,1-3H3,(H,24,28). The SMILES string of the molecule is CC(C)CNC(=O)C(C)N(Cc1ccccc1Cl)C(=O)Cc1ccccc1[N+](=O)[O-]. The van der Waals surface area contributed by atoms with Gasteiger partial charge in [0, 0.05) is 29.7 Å². The molecule has 0 radical (unpaired) electrons. The molecule has 0 spiro atoms. The van der Waals surface area contributed by atoms with Gasteiger partial charge in [0.2, 0.25) is 11.8 Å². The molecule has 1 N–H and O–H groups in total. The van der Waals surface area contributed by atoms with Gasteiger partial charge in [0.05, 0.1) is 11.3 Å². The first-order valence-electron chi connectivity index (χ1n) is 9.73. The smallest absolute Gasteiger partial charge is 0.273 e. The molecule has 0 aromatic heterocycles. The average molecular weight is 432 g/mol. The van der Waals surface area contributed by atoms with Crippen molar-refractivity contribution in [2.45, 2.75) is 39.8 Å². The van der Waals surface area contributed by atoms with Gasteiger partial charge in [-0.1, -0.05) is 61.8 Å². The van der Waals surface area contributed by atoms with Crippen LogP contribution in [0.1, 0.15) is 31.9 Å². The summed E-state index contributed by atoms with van der Waals surface area (Å²) in [5, 5.41) is 14.6. The average Bonchev–Trinajstić information content (AvgIpc) is 2.71. The molecule has 2 aromatic rings. The molecule has 0 saturated heterocycles. The van der Waals surface area contributed by atoms with Gasteiger partial charge in [0.1, 0.15) is 6.04 Å². The van der Waals surface area contributed by atoms with Crippen molar-refractivity contribution in [2.24, 2.45) is 5.92 Å². The van der Waals surface area contributed by atoms with E-state index in [2.05, 4.69) is 5.32 Å². The van der Waals surface area contributed by atoms with Crippen molar-refractivity contribution in [3.05, 3.63) is 74.8 Å². The van der Waals surface area contributed by atoms with E-state index in [9.17, 15) is 19.7 Å². The Morgan fingerprint density at radius 3 is 2.27 bits per heavy atom. The van der Waals surface area contributed by atoms with E-state index in [1.54, 1.807) is 49.4 Å². The van der Waals surface area contributed by atoms with Gasteiger partial charge in [-0.2, -0.15) is 0 Å². The van der Waals surface area contributed by atoms with E-state index in [1.807, 2.05) is 13.8 Å². The number of rotatable bonds is 9. The minimum Gasteiger partial charge on any atom is -0.354 e. The van der Waals surface area contributed by atoms with Gasteiger partial charge < -0.3 is 10.2 Å². The number of amides is 2. The zero-order valence-corrected chi connectivity index (χ0v) is 18.1. The molecular weight excluding hydrogens is 406 g/mol. The van der Waals surface area contributed by atoms with Crippen molar-refractivity contribution in [2.75, 3.05) is 6.54 Å². The number of benzene rings is 2. The lowest BCUT2D eigenvalue weighted by atomic mass is 10.1. The Balaban J connectivity index is 2.30. The maximum Gasteiger partial charge on any atom is 0.273 e. The highest BCUT2D eigenvalue weighted by Crippen LogP contribution is 2.22. The molecule has 0 heterocycles. The molecule has 1 atom stereocenters. The van der Waals surface area contributed by atoms with Crippen molar-refractivity contribution in [3.63, 3.8) is 0 Å². The van der Waals surface area contributed by atoms with Crippen LogP contribution >= 0.6 is 11.6 Å². The maximum atomic E-state index is 13.2. The van der Waals surface area contributed by atoms with E-state index in [0.29, 0.717) is 22.7 Å². The van der Waals surface area contributed by atoms with Crippen LogP contribution in [0.3, 0.4) is 0 Å². The molecule has 0 saturated carbocycles. The molecule has 0 aliphatic heterocycles. The van der Waals surface area contributed by atoms with Crippen LogP contribution in [0.5, 0.6) is 0 Å². The van der Waals surface area contributed by atoms with Gasteiger partial charge in [0.15, 0.2) is 0 Å². The fraction of sp³-hybridized carbons (Fsp3) is 0.364. The zero-order chi connectivity index (χ0) is 22.3.